The minimum atomic E-state index is -0.253. The van der Waals surface area contributed by atoms with Crippen molar-refractivity contribution in [2.75, 3.05) is 6.54 Å². The van der Waals surface area contributed by atoms with Gasteiger partial charge in [-0.3, -0.25) is 14.5 Å². The number of likely N-dealkylation sites (N-methyl/N-ethyl adjacent to an activating group) is 1. The van der Waals surface area contributed by atoms with Gasteiger partial charge in [-0.05, 0) is 53.9 Å². The molecule has 0 unspecified atom stereocenters. The lowest BCUT2D eigenvalue weighted by Gasteiger charge is -2.19. The fraction of sp³-hybridized carbons (Fsp3) is 0.273. The van der Waals surface area contributed by atoms with Crippen LogP contribution in [0.15, 0.2) is 53.4 Å². The molecule has 0 aromatic heterocycles. The minimum Gasteiger partial charge on any atom is -0.457 e. The number of carbonyl (C=O) groups excluding carboxylic acids is 2. The van der Waals surface area contributed by atoms with Crippen LogP contribution in [0.25, 0.3) is 6.08 Å². The molecule has 0 spiro atoms. The molecule has 0 radical (unpaired) electrons. The van der Waals surface area contributed by atoms with Gasteiger partial charge in [0.25, 0.3) is 11.1 Å². The Morgan fingerprint density at radius 3 is 2.30 bits per heavy atom. The van der Waals surface area contributed by atoms with Gasteiger partial charge in [0.05, 0.1) is 4.91 Å². The molecule has 0 atom stereocenters. The van der Waals surface area contributed by atoms with Crippen molar-refractivity contribution < 1.29 is 14.3 Å². The number of ether oxygens (including phenoxy) is 1. The summed E-state index contributed by atoms with van der Waals surface area (Å²) in [7, 11) is 0. The fourth-order valence-corrected chi connectivity index (χ4v) is 3.65. The number of amides is 2. The largest absolute Gasteiger partial charge is 0.457 e. The van der Waals surface area contributed by atoms with Gasteiger partial charge >= 0.3 is 0 Å². The Morgan fingerprint density at radius 1 is 1.04 bits per heavy atom. The van der Waals surface area contributed by atoms with Crippen molar-refractivity contribution in [2.24, 2.45) is 0 Å². The molecule has 4 nitrogen and oxygen atoms in total. The van der Waals surface area contributed by atoms with Gasteiger partial charge in [0, 0.05) is 12.1 Å². The van der Waals surface area contributed by atoms with E-state index < -0.39 is 0 Å². The Hall–Kier alpha value is -2.53. The molecule has 1 heterocycles. The Morgan fingerprint density at radius 2 is 1.70 bits per heavy atom. The van der Waals surface area contributed by atoms with Gasteiger partial charge in [-0.15, -0.1) is 0 Å². The zero-order valence-electron chi connectivity index (χ0n) is 16.0. The molecule has 1 aliphatic heterocycles. The van der Waals surface area contributed by atoms with Crippen molar-refractivity contribution in [3.63, 3.8) is 0 Å². The number of imide groups is 1. The van der Waals surface area contributed by atoms with Crippen molar-refractivity contribution >= 4 is 29.0 Å². The quantitative estimate of drug-likeness (QED) is 0.625. The number of hydrogen-bond acceptors (Lipinski definition) is 4. The van der Waals surface area contributed by atoms with Crippen LogP contribution < -0.4 is 4.74 Å². The highest BCUT2D eigenvalue weighted by Gasteiger charge is 2.33. The Kier molecular flexibility index (Phi) is 5.42. The van der Waals surface area contributed by atoms with Crippen molar-refractivity contribution in [3.8, 4) is 11.5 Å². The summed E-state index contributed by atoms with van der Waals surface area (Å²) >= 11 is 0.964. The Labute approximate surface area is 164 Å². The number of nitrogens with zero attached hydrogens (tertiary/aromatic N) is 1. The Bertz CT molecular complexity index is 895. The molecule has 5 heteroatoms. The van der Waals surface area contributed by atoms with Crippen molar-refractivity contribution in [3.05, 3.63) is 64.6 Å². The minimum absolute atomic E-state index is 0.0819. The highest BCUT2D eigenvalue weighted by Crippen LogP contribution is 2.35. The number of rotatable bonds is 4. The molecular formula is C22H23NO3S. The van der Waals surface area contributed by atoms with E-state index in [-0.39, 0.29) is 16.6 Å². The van der Waals surface area contributed by atoms with Gasteiger partial charge in [0.1, 0.15) is 11.5 Å². The van der Waals surface area contributed by atoms with Crippen LogP contribution in [-0.2, 0) is 10.2 Å². The monoisotopic (exact) mass is 381 g/mol. The molecule has 2 aromatic rings. The second kappa shape index (κ2) is 7.61. The van der Waals surface area contributed by atoms with E-state index in [9.17, 15) is 9.59 Å². The van der Waals surface area contributed by atoms with Crippen LogP contribution in [0.1, 0.15) is 38.8 Å². The van der Waals surface area contributed by atoms with Crippen molar-refractivity contribution in [2.45, 2.75) is 33.1 Å². The van der Waals surface area contributed by atoms with E-state index >= 15 is 0 Å². The third-order valence-electron chi connectivity index (χ3n) is 4.34. The van der Waals surface area contributed by atoms with Crippen LogP contribution in [0.3, 0.4) is 0 Å². The summed E-state index contributed by atoms with van der Waals surface area (Å²) in [4.78, 5) is 25.9. The first-order valence-corrected chi connectivity index (χ1v) is 9.74. The molecule has 2 aromatic carbocycles. The number of carbonyl (C=O) groups is 2. The lowest BCUT2D eigenvalue weighted by Crippen LogP contribution is -2.27. The molecular weight excluding hydrogens is 358 g/mol. The zero-order valence-corrected chi connectivity index (χ0v) is 16.8. The summed E-state index contributed by atoms with van der Waals surface area (Å²) < 4.78 is 6.04. The molecule has 1 aliphatic rings. The van der Waals surface area contributed by atoms with Crippen LogP contribution in [0.5, 0.6) is 11.5 Å². The summed E-state index contributed by atoms with van der Waals surface area (Å²) in [6.45, 7) is 8.67. The summed E-state index contributed by atoms with van der Waals surface area (Å²) in [5, 5.41) is -0.232. The first-order valence-electron chi connectivity index (χ1n) is 8.92. The number of hydrogen-bond donors (Lipinski definition) is 0. The number of benzene rings is 2. The highest BCUT2D eigenvalue weighted by molar-refractivity contribution is 8.18. The Balaban J connectivity index is 1.86. The maximum atomic E-state index is 12.3. The third-order valence-corrected chi connectivity index (χ3v) is 5.25. The molecule has 0 saturated carbocycles. The van der Waals surface area contributed by atoms with E-state index in [4.69, 9.17) is 4.74 Å². The standard InChI is InChI=1S/C22H23NO3S/c1-5-23-20(24)19(27-21(23)25)14-15-8-6-7-9-18(15)26-17-12-10-16(11-13-17)22(2,3)4/h6-14H,5H2,1-4H3/b19-14-. The number of thioether (sulfide) groups is 1. The highest BCUT2D eigenvalue weighted by atomic mass is 32.2. The molecule has 3 rings (SSSR count). The smallest absolute Gasteiger partial charge is 0.293 e. The first kappa shape index (κ1) is 19.2. The van der Waals surface area contributed by atoms with Crippen molar-refractivity contribution in [1.29, 1.82) is 0 Å². The van der Waals surface area contributed by atoms with E-state index in [1.54, 1.807) is 13.0 Å². The molecule has 27 heavy (non-hydrogen) atoms. The predicted octanol–water partition coefficient (Wildman–Crippen LogP) is 5.83. The van der Waals surface area contributed by atoms with Crippen molar-refractivity contribution in [1.82, 2.24) is 4.90 Å². The van der Waals surface area contributed by atoms with Gasteiger partial charge in [-0.2, -0.15) is 0 Å². The van der Waals surface area contributed by atoms with Gasteiger partial charge in [-0.1, -0.05) is 51.1 Å². The summed E-state index contributed by atoms with van der Waals surface area (Å²) in [6, 6.07) is 15.5. The van der Waals surface area contributed by atoms with Crippen LogP contribution in [-0.4, -0.2) is 22.6 Å². The predicted molar refractivity (Wildman–Crippen MR) is 110 cm³/mol. The second-order valence-corrected chi connectivity index (χ2v) is 8.33. The molecule has 2 amide bonds. The molecule has 140 valence electrons. The summed E-state index contributed by atoms with van der Waals surface area (Å²) in [5.74, 6) is 1.12. The van der Waals surface area contributed by atoms with Crippen LogP contribution in [0.4, 0.5) is 4.79 Å². The third kappa shape index (κ3) is 4.25. The van der Waals surface area contributed by atoms with Gasteiger partial charge < -0.3 is 4.74 Å². The lowest BCUT2D eigenvalue weighted by molar-refractivity contribution is -0.122. The van der Waals surface area contributed by atoms with Crippen LogP contribution >= 0.6 is 11.8 Å². The average Bonchev–Trinajstić information content (AvgIpc) is 2.89. The van der Waals surface area contributed by atoms with E-state index in [1.807, 2.05) is 36.4 Å². The molecule has 0 bridgehead atoms. The topological polar surface area (TPSA) is 46.6 Å². The van der Waals surface area contributed by atoms with E-state index in [0.717, 1.165) is 23.1 Å². The van der Waals surface area contributed by atoms with E-state index in [1.165, 1.54) is 10.5 Å². The van der Waals surface area contributed by atoms with Crippen LogP contribution in [0.2, 0.25) is 0 Å². The molecule has 0 N–H and O–H groups in total. The summed E-state index contributed by atoms with van der Waals surface area (Å²) in [5.41, 5.74) is 2.08. The summed E-state index contributed by atoms with van der Waals surface area (Å²) in [6.07, 6.45) is 1.72. The average molecular weight is 381 g/mol. The maximum Gasteiger partial charge on any atom is 0.293 e. The second-order valence-electron chi connectivity index (χ2n) is 7.34. The SMILES string of the molecule is CCN1C(=O)S/C(=C\c2ccccc2Oc2ccc(C(C)(C)C)cc2)C1=O. The number of para-hydroxylation sites is 1. The molecule has 0 aliphatic carbocycles. The lowest BCUT2D eigenvalue weighted by atomic mass is 9.87. The normalized spacial score (nSPS) is 16.3. The fourth-order valence-electron chi connectivity index (χ4n) is 2.76. The van der Waals surface area contributed by atoms with Gasteiger partial charge in [-0.25, -0.2) is 0 Å². The first-order chi connectivity index (χ1) is 12.8. The van der Waals surface area contributed by atoms with Crippen LogP contribution in [0, 0.1) is 0 Å². The van der Waals surface area contributed by atoms with E-state index in [0.29, 0.717) is 17.2 Å². The maximum absolute atomic E-state index is 12.3. The molecule has 1 fully saturated rings. The van der Waals surface area contributed by atoms with E-state index in [2.05, 4.69) is 32.9 Å². The molecule has 1 saturated heterocycles. The van der Waals surface area contributed by atoms with Gasteiger partial charge in [0.15, 0.2) is 0 Å². The van der Waals surface area contributed by atoms with Gasteiger partial charge in [0.2, 0.25) is 0 Å². The zero-order chi connectivity index (χ0) is 19.6.